The summed E-state index contributed by atoms with van der Waals surface area (Å²) in [4.78, 5) is 37.5. The Morgan fingerprint density at radius 3 is 2.46 bits per heavy atom. The van der Waals surface area contributed by atoms with Gasteiger partial charge in [-0.3, -0.25) is 14.6 Å². The van der Waals surface area contributed by atoms with Crippen molar-refractivity contribution < 1.29 is 14.0 Å². The molecule has 206 valence electrons. The van der Waals surface area contributed by atoms with Crippen LogP contribution in [0.15, 0.2) is 67.0 Å². The van der Waals surface area contributed by atoms with Gasteiger partial charge >= 0.3 is 0 Å². The van der Waals surface area contributed by atoms with Crippen molar-refractivity contribution in [1.82, 2.24) is 14.8 Å². The summed E-state index contributed by atoms with van der Waals surface area (Å²) in [6.45, 7) is 10.4. The fourth-order valence-corrected chi connectivity index (χ4v) is 5.25. The van der Waals surface area contributed by atoms with Crippen LogP contribution in [0.5, 0.6) is 0 Å². The van der Waals surface area contributed by atoms with Gasteiger partial charge in [0.25, 0.3) is 5.91 Å². The second-order valence-electron chi connectivity index (χ2n) is 10.8. The van der Waals surface area contributed by atoms with Gasteiger partial charge in [0.15, 0.2) is 0 Å². The molecule has 2 aromatic carbocycles. The zero-order valence-electron chi connectivity index (χ0n) is 23.3. The maximum atomic E-state index is 14.6. The standard InChI is InChI=1S/C32H39FN4O2/c1-24(2)22-35-15-7-17-36(31(38)20-26-10-5-4-9-25(26)3)23-28-19-29(33)12-13-30(28)37(18-8-16-35)32(39)27-11-6-14-34-21-27/h4-6,9-14,19,21,24H,7-8,15-18,20,22-23H2,1-3H3. The first-order valence-electron chi connectivity index (χ1n) is 13.9. The molecule has 2 heterocycles. The van der Waals surface area contributed by atoms with Gasteiger partial charge in [-0.15, -0.1) is 0 Å². The molecule has 4 rings (SSSR count). The van der Waals surface area contributed by atoms with Crippen molar-refractivity contribution in [2.24, 2.45) is 5.92 Å². The minimum absolute atomic E-state index is 0.00267. The summed E-state index contributed by atoms with van der Waals surface area (Å²) in [5.74, 6) is -0.0594. The lowest BCUT2D eigenvalue weighted by atomic mass is 10.0. The van der Waals surface area contributed by atoms with E-state index < -0.39 is 0 Å². The van der Waals surface area contributed by atoms with E-state index in [1.807, 2.05) is 36.1 Å². The molecule has 1 aromatic heterocycles. The molecule has 0 atom stereocenters. The molecule has 0 N–H and O–H groups in total. The Balaban J connectivity index is 1.70. The lowest BCUT2D eigenvalue weighted by Crippen LogP contribution is -2.40. The topological polar surface area (TPSA) is 56.8 Å². The van der Waals surface area contributed by atoms with Gasteiger partial charge in [-0.05, 0) is 85.8 Å². The van der Waals surface area contributed by atoms with E-state index in [4.69, 9.17) is 0 Å². The number of halogens is 1. The van der Waals surface area contributed by atoms with Crippen LogP contribution >= 0.6 is 0 Å². The number of benzene rings is 2. The van der Waals surface area contributed by atoms with Gasteiger partial charge in [0.2, 0.25) is 5.91 Å². The zero-order chi connectivity index (χ0) is 27.8. The van der Waals surface area contributed by atoms with E-state index in [0.29, 0.717) is 35.8 Å². The predicted molar refractivity (Wildman–Crippen MR) is 153 cm³/mol. The number of aryl methyl sites for hydroxylation is 1. The molecule has 0 aliphatic carbocycles. The third-order valence-electron chi connectivity index (χ3n) is 7.18. The number of pyridine rings is 1. The molecule has 1 aliphatic heterocycles. The molecular weight excluding hydrogens is 491 g/mol. The lowest BCUT2D eigenvalue weighted by Gasteiger charge is -2.32. The Hall–Kier alpha value is -3.58. The Morgan fingerprint density at radius 2 is 1.74 bits per heavy atom. The first-order valence-corrected chi connectivity index (χ1v) is 13.9. The van der Waals surface area contributed by atoms with Crippen LogP contribution in [-0.4, -0.2) is 59.3 Å². The largest absolute Gasteiger partial charge is 0.338 e. The van der Waals surface area contributed by atoms with E-state index in [1.54, 1.807) is 35.5 Å². The molecule has 1 aliphatic rings. The van der Waals surface area contributed by atoms with E-state index >= 15 is 0 Å². The predicted octanol–water partition coefficient (Wildman–Crippen LogP) is 5.50. The first-order chi connectivity index (χ1) is 18.8. The van der Waals surface area contributed by atoms with Gasteiger partial charge < -0.3 is 14.7 Å². The van der Waals surface area contributed by atoms with Gasteiger partial charge in [0.05, 0.1) is 12.0 Å². The van der Waals surface area contributed by atoms with E-state index in [0.717, 1.165) is 43.6 Å². The lowest BCUT2D eigenvalue weighted by molar-refractivity contribution is -0.131. The molecule has 0 saturated carbocycles. The van der Waals surface area contributed by atoms with Crippen molar-refractivity contribution in [2.75, 3.05) is 37.6 Å². The number of amides is 2. The number of aromatic nitrogens is 1. The number of anilines is 1. The number of fused-ring (bicyclic) bond motifs is 1. The van der Waals surface area contributed by atoms with E-state index in [2.05, 4.69) is 23.7 Å². The van der Waals surface area contributed by atoms with Crippen molar-refractivity contribution in [2.45, 2.75) is 46.6 Å². The second-order valence-corrected chi connectivity index (χ2v) is 10.8. The maximum absolute atomic E-state index is 14.6. The van der Waals surface area contributed by atoms with Crippen molar-refractivity contribution in [3.05, 3.63) is 95.1 Å². The number of carbonyl (C=O) groups excluding carboxylic acids is 2. The van der Waals surface area contributed by atoms with Gasteiger partial charge in [0, 0.05) is 44.3 Å². The van der Waals surface area contributed by atoms with Crippen LogP contribution in [0.1, 0.15) is 53.7 Å². The minimum atomic E-state index is -0.385. The SMILES string of the molecule is Cc1ccccc1CC(=O)N1CCCN(CC(C)C)CCCN(C(=O)c2cccnc2)c2ccc(F)cc2C1. The molecule has 0 bridgehead atoms. The monoisotopic (exact) mass is 530 g/mol. The molecule has 3 aromatic rings. The van der Waals surface area contributed by atoms with E-state index in [1.165, 1.54) is 12.1 Å². The summed E-state index contributed by atoms with van der Waals surface area (Å²) in [6.07, 6.45) is 5.09. The van der Waals surface area contributed by atoms with E-state index in [-0.39, 0.29) is 30.6 Å². The van der Waals surface area contributed by atoms with Crippen LogP contribution in [0.4, 0.5) is 10.1 Å². The Bertz CT molecular complexity index is 1260. The molecule has 0 fully saturated rings. The Labute approximate surface area is 231 Å². The molecule has 7 heteroatoms. The summed E-state index contributed by atoms with van der Waals surface area (Å²) in [6, 6.07) is 15.9. The zero-order valence-corrected chi connectivity index (χ0v) is 23.3. The molecule has 0 spiro atoms. The normalized spacial score (nSPS) is 15.4. The summed E-state index contributed by atoms with van der Waals surface area (Å²) >= 11 is 0. The average Bonchev–Trinajstić information content (AvgIpc) is 2.91. The fraction of sp³-hybridized carbons (Fsp3) is 0.406. The highest BCUT2D eigenvalue weighted by molar-refractivity contribution is 6.06. The van der Waals surface area contributed by atoms with Crippen molar-refractivity contribution in [3.63, 3.8) is 0 Å². The van der Waals surface area contributed by atoms with Gasteiger partial charge in [-0.1, -0.05) is 38.1 Å². The number of hydrogen-bond acceptors (Lipinski definition) is 4. The van der Waals surface area contributed by atoms with Crippen LogP contribution in [0.25, 0.3) is 0 Å². The Morgan fingerprint density at radius 1 is 0.974 bits per heavy atom. The first kappa shape index (κ1) is 28.4. The van der Waals surface area contributed by atoms with Crippen molar-refractivity contribution in [3.8, 4) is 0 Å². The molecule has 0 saturated heterocycles. The molecule has 6 nitrogen and oxygen atoms in total. The van der Waals surface area contributed by atoms with E-state index in [9.17, 15) is 14.0 Å². The number of carbonyl (C=O) groups is 2. The number of hydrogen-bond donors (Lipinski definition) is 0. The maximum Gasteiger partial charge on any atom is 0.259 e. The molecule has 0 unspecified atom stereocenters. The molecule has 39 heavy (non-hydrogen) atoms. The third kappa shape index (κ3) is 7.73. The van der Waals surface area contributed by atoms with Gasteiger partial charge in [-0.2, -0.15) is 0 Å². The van der Waals surface area contributed by atoms with Crippen LogP contribution in [-0.2, 0) is 17.8 Å². The summed E-state index contributed by atoms with van der Waals surface area (Å²) in [5, 5.41) is 0. The van der Waals surface area contributed by atoms with Gasteiger partial charge in [0.1, 0.15) is 5.82 Å². The second kappa shape index (κ2) is 13.5. The van der Waals surface area contributed by atoms with Crippen molar-refractivity contribution >= 4 is 17.5 Å². The Kier molecular flexibility index (Phi) is 9.82. The highest BCUT2D eigenvalue weighted by Gasteiger charge is 2.25. The quantitative estimate of drug-likeness (QED) is 0.437. The smallest absolute Gasteiger partial charge is 0.259 e. The fourth-order valence-electron chi connectivity index (χ4n) is 5.25. The summed E-state index contributed by atoms with van der Waals surface area (Å²) in [7, 11) is 0. The van der Waals surface area contributed by atoms with Crippen LogP contribution in [0.3, 0.4) is 0 Å². The molecule has 0 radical (unpaired) electrons. The highest BCUT2D eigenvalue weighted by Crippen LogP contribution is 2.27. The summed E-state index contributed by atoms with van der Waals surface area (Å²) < 4.78 is 14.6. The molecule has 2 amide bonds. The van der Waals surface area contributed by atoms with Crippen LogP contribution < -0.4 is 4.90 Å². The number of nitrogens with zero attached hydrogens (tertiary/aromatic N) is 4. The molecular formula is C32H39FN4O2. The number of rotatable bonds is 5. The van der Waals surface area contributed by atoms with Crippen molar-refractivity contribution in [1.29, 1.82) is 0 Å². The van der Waals surface area contributed by atoms with Crippen LogP contribution in [0, 0.1) is 18.7 Å². The minimum Gasteiger partial charge on any atom is -0.338 e. The highest BCUT2D eigenvalue weighted by atomic mass is 19.1. The summed E-state index contributed by atoms with van der Waals surface area (Å²) in [5.41, 5.74) is 3.80. The third-order valence-corrected chi connectivity index (χ3v) is 7.18. The van der Waals surface area contributed by atoms with Crippen LogP contribution in [0.2, 0.25) is 0 Å². The van der Waals surface area contributed by atoms with Gasteiger partial charge in [-0.25, -0.2) is 4.39 Å². The average molecular weight is 531 g/mol.